The molecule has 130 valence electrons. The van der Waals surface area contributed by atoms with Gasteiger partial charge in [0, 0.05) is 29.7 Å². The summed E-state index contributed by atoms with van der Waals surface area (Å²) in [6.45, 7) is 2.07. The first kappa shape index (κ1) is 16.5. The molecule has 0 atom stereocenters. The molecule has 6 heteroatoms. The summed E-state index contributed by atoms with van der Waals surface area (Å²) in [6.07, 6.45) is 4.99. The van der Waals surface area contributed by atoms with E-state index in [9.17, 15) is 9.50 Å². The SMILES string of the molecule is Cc1cc(-c2ccc(Cn3cc4ncccc4c3O)c(F)c2)cnc1Cl. The molecular weight excluding hydrogens is 353 g/mol. The molecule has 0 aliphatic rings. The van der Waals surface area contributed by atoms with E-state index in [4.69, 9.17) is 11.6 Å². The first-order valence-electron chi connectivity index (χ1n) is 8.06. The highest BCUT2D eigenvalue weighted by molar-refractivity contribution is 6.30. The maximum absolute atomic E-state index is 14.6. The molecule has 4 rings (SSSR count). The largest absolute Gasteiger partial charge is 0.494 e. The lowest BCUT2D eigenvalue weighted by molar-refractivity contribution is 0.428. The van der Waals surface area contributed by atoms with E-state index < -0.39 is 0 Å². The van der Waals surface area contributed by atoms with Crippen LogP contribution in [0.5, 0.6) is 5.88 Å². The van der Waals surface area contributed by atoms with E-state index in [-0.39, 0.29) is 18.2 Å². The monoisotopic (exact) mass is 367 g/mol. The Morgan fingerprint density at radius 2 is 2.00 bits per heavy atom. The Bertz CT molecular complexity index is 1120. The lowest BCUT2D eigenvalue weighted by atomic mass is 10.0. The highest BCUT2D eigenvalue weighted by Gasteiger charge is 2.12. The minimum Gasteiger partial charge on any atom is -0.494 e. The molecule has 26 heavy (non-hydrogen) atoms. The first-order valence-corrected chi connectivity index (χ1v) is 8.44. The molecule has 0 aliphatic carbocycles. The van der Waals surface area contributed by atoms with Gasteiger partial charge in [-0.25, -0.2) is 9.37 Å². The van der Waals surface area contributed by atoms with Gasteiger partial charge < -0.3 is 9.67 Å². The van der Waals surface area contributed by atoms with Gasteiger partial charge in [-0.05, 0) is 42.3 Å². The summed E-state index contributed by atoms with van der Waals surface area (Å²) in [4.78, 5) is 8.31. The highest BCUT2D eigenvalue weighted by Crippen LogP contribution is 2.28. The van der Waals surface area contributed by atoms with Gasteiger partial charge in [0.15, 0.2) is 0 Å². The molecule has 0 unspecified atom stereocenters. The Kier molecular flexibility index (Phi) is 4.09. The molecule has 0 radical (unpaired) electrons. The molecule has 1 aromatic carbocycles. The van der Waals surface area contributed by atoms with Crippen LogP contribution in [0.4, 0.5) is 4.39 Å². The van der Waals surface area contributed by atoms with Crippen LogP contribution in [0, 0.1) is 12.7 Å². The predicted octanol–water partition coefficient (Wildman–Crippen LogP) is 4.95. The normalized spacial score (nSPS) is 11.2. The van der Waals surface area contributed by atoms with Crippen LogP contribution in [0.1, 0.15) is 11.1 Å². The van der Waals surface area contributed by atoms with Gasteiger partial charge >= 0.3 is 0 Å². The van der Waals surface area contributed by atoms with E-state index in [1.54, 1.807) is 41.4 Å². The Hall–Kier alpha value is -2.92. The van der Waals surface area contributed by atoms with E-state index in [0.717, 1.165) is 16.7 Å². The Morgan fingerprint density at radius 1 is 1.15 bits per heavy atom. The van der Waals surface area contributed by atoms with E-state index in [0.29, 0.717) is 21.6 Å². The van der Waals surface area contributed by atoms with Crippen LogP contribution in [0.15, 0.2) is 55.0 Å². The molecule has 4 aromatic rings. The van der Waals surface area contributed by atoms with Gasteiger partial charge in [-0.1, -0.05) is 23.7 Å². The molecular formula is C20H15ClFN3O. The maximum Gasteiger partial charge on any atom is 0.201 e. The number of rotatable bonds is 3. The number of benzene rings is 1. The van der Waals surface area contributed by atoms with Crippen LogP contribution in [0.2, 0.25) is 5.15 Å². The average Bonchev–Trinajstić information content (AvgIpc) is 2.95. The summed E-state index contributed by atoms with van der Waals surface area (Å²) in [7, 11) is 0. The van der Waals surface area contributed by atoms with Crippen LogP contribution in [0.3, 0.4) is 0 Å². The Balaban J connectivity index is 1.67. The number of aromatic hydroxyl groups is 1. The van der Waals surface area contributed by atoms with Gasteiger partial charge in [-0.3, -0.25) is 4.98 Å². The Labute approximate surface area is 154 Å². The minimum atomic E-state index is -0.347. The highest BCUT2D eigenvalue weighted by atomic mass is 35.5. The zero-order valence-corrected chi connectivity index (χ0v) is 14.7. The standard InChI is InChI=1S/C20H15ClFN3O/c1-12-7-15(9-24-19(12)21)13-4-5-14(17(22)8-13)10-25-11-18-16(20(25)26)3-2-6-23-18/h2-9,11,26H,10H2,1H3. The molecule has 0 saturated heterocycles. The summed E-state index contributed by atoms with van der Waals surface area (Å²) >= 11 is 5.95. The quantitative estimate of drug-likeness (QED) is 0.521. The number of nitrogens with zero attached hydrogens (tertiary/aromatic N) is 3. The smallest absolute Gasteiger partial charge is 0.201 e. The summed E-state index contributed by atoms with van der Waals surface area (Å²) < 4.78 is 16.2. The van der Waals surface area contributed by atoms with Gasteiger partial charge in [-0.15, -0.1) is 0 Å². The number of hydrogen-bond donors (Lipinski definition) is 1. The van der Waals surface area contributed by atoms with Crippen molar-refractivity contribution in [1.82, 2.24) is 14.5 Å². The third kappa shape index (κ3) is 2.91. The molecule has 0 aliphatic heterocycles. The predicted molar refractivity (Wildman–Crippen MR) is 99.9 cm³/mol. The third-order valence-corrected chi connectivity index (χ3v) is 4.77. The molecule has 1 N–H and O–H groups in total. The molecule has 0 spiro atoms. The number of aromatic nitrogens is 3. The van der Waals surface area contributed by atoms with Crippen LogP contribution in [0.25, 0.3) is 22.0 Å². The van der Waals surface area contributed by atoms with Crippen LogP contribution in [-0.4, -0.2) is 19.6 Å². The number of halogens is 2. The van der Waals surface area contributed by atoms with Crippen molar-refractivity contribution in [3.63, 3.8) is 0 Å². The van der Waals surface area contributed by atoms with Gasteiger partial charge in [0.25, 0.3) is 0 Å². The molecule has 4 nitrogen and oxygen atoms in total. The number of aryl methyl sites for hydroxylation is 1. The van der Waals surface area contributed by atoms with Crippen molar-refractivity contribution in [2.24, 2.45) is 0 Å². The first-order chi connectivity index (χ1) is 12.5. The van der Waals surface area contributed by atoms with Crippen molar-refractivity contribution in [2.45, 2.75) is 13.5 Å². The van der Waals surface area contributed by atoms with Crippen molar-refractivity contribution >= 4 is 22.5 Å². The topological polar surface area (TPSA) is 50.9 Å². The molecule has 0 saturated carbocycles. The van der Waals surface area contributed by atoms with Crippen LogP contribution in [-0.2, 0) is 6.54 Å². The van der Waals surface area contributed by atoms with E-state index in [2.05, 4.69) is 9.97 Å². The molecule has 0 bridgehead atoms. The van der Waals surface area contributed by atoms with Crippen molar-refractivity contribution in [2.75, 3.05) is 0 Å². The summed E-state index contributed by atoms with van der Waals surface area (Å²) in [5.74, 6) is -0.269. The average molecular weight is 368 g/mol. The second-order valence-corrected chi connectivity index (χ2v) is 6.51. The fourth-order valence-corrected chi connectivity index (χ4v) is 3.05. The van der Waals surface area contributed by atoms with E-state index in [1.807, 2.05) is 19.1 Å². The number of fused-ring (bicyclic) bond motifs is 1. The van der Waals surface area contributed by atoms with Gasteiger partial charge in [-0.2, -0.15) is 0 Å². The van der Waals surface area contributed by atoms with Crippen molar-refractivity contribution in [1.29, 1.82) is 0 Å². The lowest BCUT2D eigenvalue weighted by Crippen LogP contribution is -2.00. The summed E-state index contributed by atoms with van der Waals surface area (Å²) in [5.41, 5.74) is 3.51. The second kappa shape index (κ2) is 6.42. The fourth-order valence-electron chi connectivity index (χ4n) is 2.95. The second-order valence-electron chi connectivity index (χ2n) is 6.15. The van der Waals surface area contributed by atoms with E-state index >= 15 is 0 Å². The van der Waals surface area contributed by atoms with E-state index in [1.165, 1.54) is 6.07 Å². The number of hydrogen-bond acceptors (Lipinski definition) is 3. The molecule has 3 heterocycles. The van der Waals surface area contributed by atoms with Crippen LogP contribution >= 0.6 is 11.6 Å². The van der Waals surface area contributed by atoms with Gasteiger partial charge in [0.05, 0.1) is 17.4 Å². The zero-order valence-electron chi connectivity index (χ0n) is 13.9. The molecule has 3 aromatic heterocycles. The summed E-state index contributed by atoms with van der Waals surface area (Å²) in [6, 6.07) is 10.4. The molecule has 0 amide bonds. The Morgan fingerprint density at radius 3 is 2.73 bits per heavy atom. The van der Waals surface area contributed by atoms with Crippen molar-refractivity contribution < 1.29 is 9.50 Å². The minimum absolute atomic E-state index is 0.0779. The molecule has 0 fully saturated rings. The fraction of sp³-hybridized carbons (Fsp3) is 0.100. The lowest BCUT2D eigenvalue weighted by Gasteiger charge is -2.09. The number of pyridine rings is 2. The maximum atomic E-state index is 14.6. The van der Waals surface area contributed by atoms with Gasteiger partial charge in [0.2, 0.25) is 5.88 Å². The van der Waals surface area contributed by atoms with Crippen molar-refractivity contribution in [3.8, 4) is 17.0 Å². The van der Waals surface area contributed by atoms with Crippen LogP contribution < -0.4 is 0 Å². The van der Waals surface area contributed by atoms with Crippen molar-refractivity contribution in [3.05, 3.63) is 77.1 Å². The zero-order chi connectivity index (χ0) is 18.3. The van der Waals surface area contributed by atoms with Gasteiger partial charge in [0.1, 0.15) is 11.0 Å². The summed E-state index contributed by atoms with van der Waals surface area (Å²) in [5, 5.41) is 11.4. The third-order valence-electron chi connectivity index (χ3n) is 4.37.